The van der Waals surface area contributed by atoms with Crippen molar-refractivity contribution in [3.63, 3.8) is 0 Å². The molecule has 0 radical (unpaired) electrons. The Morgan fingerprint density at radius 2 is 1.26 bits per heavy atom. The topological polar surface area (TPSA) is 0 Å². The monoisotopic (exact) mass is 326 g/mol. The fourth-order valence-electron chi connectivity index (χ4n) is 1.64. The molecule has 0 saturated carbocycles. The molecule has 0 fully saturated rings. The van der Waals surface area contributed by atoms with Gasteiger partial charge in [-0.15, -0.1) is 50.5 Å². The minimum Gasteiger partial charge on any atom is -0.143 e. The van der Waals surface area contributed by atoms with Crippen LogP contribution in [0.5, 0.6) is 0 Å². The Labute approximate surface area is 137 Å². The SMILES string of the molecule is CC.Cc1ccc(-c2c(S)cc(S)c(S)c2S)cc1. The van der Waals surface area contributed by atoms with Crippen LogP contribution in [0.3, 0.4) is 0 Å². The van der Waals surface area contributed by atoms with Gasteiger partial charge < -0.3 is 0 Å². The Morgan fingerprint density at radius 3 is 1.79 bits per heavy atom. The highest BCUT2D eigenvalue weighted by Gasteiger charge is 2.12. The zero-order valence-electron chi connectivity index (χ0n) is 11.2. The third kappa shape index (κ3) is 3.91. The largest absolute Gasteiger partial charge is 0.143 e. The van der Waals surface area contributed by atoms with Crippen molar-refractivity contribution in [1.82, 2.24) is 0 Å². The summed E-state index contributed by atoms with van der Waals surface area (Å²) in [7, 11) is 0. The van der Waals surface area contributed by atoms with Crippen molar-refractivity contribution >= 4 is 50.5 Å². The van der Waals surface area contributed by atoms with Crippen LogP contribution in [0.2, 0.25) is 0 Å². The van der Waals surface area contributed by atoms with Gasteiger partial charge in [-0.25, -0.2) is 0 Å². The summed E-state index contributed by atoms with van der Waals surface area (Å²) < 4.78 is 0. The predicted octanol–water partition coefficient (Wildman–Crippen LogP) is 5.84. The van der Waals surface area contributed by atoms with Gasteiger partial charge >= 0.3 is 0 Å². The van der Waals surface area contributed by atoms with Gasteiger partial charge in [-0.3, -0.25) is 0 Å². The first-order chi connectivity index (χ1) is 9.00. The van der Waals surface area contributed by atoms with E-state index in [9.17, 15) is 0 Å². The third-order valence-electron chi connectivity index (χ3n) is 2.57. The molecule has 0 saturated heterocycles. The summed E-state index contributed by atoms with van der Waals surface area (Å²) in [5.74, 6) is 0. The second-order valence-corrected chi connectivity index (χ2v) is 5.71. The van der Waals surface area contributed by atoms with E-state index in [-0.39, 0.29) is 0 Å². The lowest BCUT2D eigenvalue weighted by Gasteiger charge is -2.13. The van der Waals surface area contributed by atoms with Gasteiger partial charge in [0.2, 0.25) is 0 Å². The lowest BCUT2D eigenvalue weighted by atomic mass is 10.0. The number of thiol groups is 4. The van der Waals surface area contributed by atoms with Gasteiger partial charge in [0.25, 0.3) is 0 Å². The second-order valence-electron chi connectivity index (χ2n) is 3.85. The molecule has 0 N–H and O–H groups in total. The normalized spacial score (nSPS) is 9.84. The summed E-state index contributed by atoms with van der Waals surface area (Å²) in [4.78, 5) is 3.25. The summed E-state index contributed by atoms with van der Waals surface area (Å²) in [5, 5.41) is 0. The van der Waals surface area contributed by atoms with Crippen molar-refractivity contribution in [2.75, 3.05) is 0 Å². The molecule has 0 atom stereocenters. The van der Waals surface area contributed by atoms with E-state index in [0.717, 1.165) is 30.7 Å². The van der Waals surface area contributed by atoms with Gasteiger partial charge in [-0.2, -0.15) is 0 Å². The standard InChI is InChI=1S/C13H12S4.C2H6/c1-7-2-4-8(5-3-7)11-9(14)6-10(15)12(16)13(11)17;1-2/h2-6,14-17H,1H3;1-2H3. The van der Waals surface area contributed by atoms with Crippen LogP contribution < -0.4 is 0 Å². The average molecular weight is 327 g/mol. The second kappa shape index (κ2) is 7.58. The molecule has 0 nitrogen and oxygen atoms in total. The first-order valence-corrected chi connectivity index (χ1v) is 7.83. The van der Waals surface area contributed by atoms with E-state index in [0.29, 0.717) is 0 Å². The van der Waals surface area contributed by atoms with Crippen LogP contribution in [0, 0.1) is 6.92 Å². The zero-order chi connectivity index (χ0) is 14.6. The molecule has 0 amide bonds. The van der Waals surface area contributed by atoms with Crippen LogP contribution >= 0.6 is 50.5 Å². The highest BCUT2D eigenvalue weighted by atomic mass is 32.1. The van der Waals surface area contributed by atoms with E-state index >= 15 is 0 Å². The highest BCUT2D eigenvalue weighted by molar-refractivity contribution is 7.85. The number of hydrogen-bond acceptors (Lipinski definition) is 4. The molecule has 4 heteroatoms. The molecular formula is C15H18S4. The van der Waals surface area contributed by atoms with Crippen LogP contribution in [0.1, 0.15) is 19.4 Å². The van der Waals surface area contributed by atoms with Gasteiger partial charge in [0.15, 0.2) is 0 Å². The highest BCUT2D eigenvalue weighted by Crippen LogP contribution is 2.39. The Balaban J connectivity index is 0.000000861. The maximum Gasteiger partial charge on any atom is 0.0315 e. The van der Waals surface area contributed by atoms with Crippen molar-refractivity contribution in [2.24, 2.45) is 0 Å². The van der Waals surface area contributed by atoms with E-state index in [1.807, 2.05) is 19.9 Å². The lowest BCUT2D eigenvalue weighted by Crippen LogP contribution is -1.87. The molecule has 0 heterocycles. The first kappa shape index (κ1) is 16.9. The Kier molecular flexibility index (Phi) is 6.74. The predicted molar refractivity (Wildman–Crippen MR) is 97.0 cm³/mol. The van der Waals surface area contributed by atoms with Gasteiger partial charge in [0.1, 0.15) is 0 Å². The van der Waals surface area contributed by atoms with Crippen LogP contribution in [-0.2, 0) is 0 Å². The number of rotatable bonds is 1. The maximum absolute atomic E-state index is 4.51. The van der Waals surface area contributed by atoms with E-state index in [1.54, 1.807) is 0 Å². The molecule has 0 aliphatic rings. The maximum atomic E-state index is 4.51. The van der Waals surface area contributed by atoms with Crippen molar-refractivity contribution in [3.05, 3.63) is 35.9 Å². The van der Waals surface area contributed by atoms with Crippen molar-refractivity contribution in [1.29, 1.82) is 0 Å². The molecule has 0 aliphatic carbocycles. The van der Waals surface area contributed by atoms with E-state index < -0.39 is 0 Å². The minimum atomic E-state index is 0.782. The summed E-state index contributed by atoms with van der Waals surface area (Å²) in [5.41, 5.74) is 3.32. The molecule has 0 bridgehead atoms. The summed E-state index contributed by atoms with van der Waals surface area (Å²) in [6.07, 6.45) is 0. The Bertz CT molecular complexity index is 559. The van der Waals surface area contributed by atoms with Crippen LogP contribution in [-0.4, -0.2) is 0 Å². The zero-order valence-corrected chi connectivity index (χ0v) is 14.8. The number of hydrogen-bond donors (Lipinski definition) is 4. The first-order valence-electron chi connectivity index (χ1n) is 6.04. The smallest absolute Gasteiger partial charge is 0.0315 e. The quantitative estimate of drug-likeness (QED) is 0.465. The molecule has 2 aromatic rings. The van der Waals surface area contributed by atoms with Crippen molar-refractivity contribution in [2.45, 2.75) is 40.4 Å². The van der Waals surface area contributed by atoms with Crippen LogP contribution in [0.25, 0.3) is 11.1 Å². The Hall–Kier alpha value is -0.160. The molecule has 0 spiro atoms. The minimum absolute atomic E-state index is 0.782. The number of aryl methyl sites for hydroxylation is 1. The molecule has 0 aliphatic heterocycles. The molecule has 2 rings (SSSR count). The molecule has 0 aromatic heterocycles. The van der Waals surface area contributed by atoms with Crippen LogP contribution in [0.15, 0.2) is 49.9 Å². The van der Waals surface area contributed by atoms with E-state index in [2.05, 4.69) is 81.7 Å². The van der Waals surface area contributed by atoms with E-state index in [1.165, 1.54) is 5.56 Å². The van der Waals surface area contributed by atoms with Gasteiger partial charge in [0, 0.05) is 25.1 Å². The van der Waals surface area contributed by atoms with Gasteiger partial charge in [0.05, 0.1) is 0 Å². The van der Waals surface area contributed by atoms with E-state index in [4.69, 9.17) is 0 Å². The fourth-order valence-corrected chi connectivity index (χ4v) is 3.07. The lowest BCUT2D eigenvalue weighted by molar-refractivity contribution is 1.09. The molecule has 19 heavy (non-hydrogen) atoms. The summed E-state index contributed by atoms with van der Waals surface area (Å²) in [6.45, 7) is 6.06. The van der Waals surface area contributed by atoms with Crippen molar-refractivity contribution < 1.29 is 0 Å². The molecular weight excluding hydrogens is 308 g/mol. The van der Waals surface area contributed by atoms with Crippen LogP contribution in [0.4, 0.5) is 0 Å². The van der Waals surface area contributed by atoms with Gasteiger partial charge in [-0.1, -0.05) is 43.7 Å². The third-order valence-corrected chi connectivity index (χ3v) is 4.54. The molecule has 2 aromatic carbocycles. The summed E-state index contributed by atoms with van der Waals surface area (Å²) in [6, 6.07) is 10.2. The van der Waals surface area contributed by atoms with Crippen molar-refractivity contribution in [3.8, 4) is 11.1 Å². The summed E-state index contributed by atoms with van der Waals surface area (Å²) >= 11 is 17.8. The molecule has 102 valence electrons. The van der Waals surface area contributed by atoms with Gasteiger partial charge in [-0.05, 0) is 18.6 Å². The average Bonchev–Trinajstić information content (AvgIpc) is 2.41. The number of benzene rings is 2. The Morgan fingerprint density at radius 1 is 0.737 bits per heavy atom. The fraction of sp³-hybridized carbons (Fsp3) is 0.200. The molecule has 0 unspecified atom stereocenters.